The lowest BCUT2D eigenvalue weighted by molar-refractivity contribution is -0.119. The van der Waals surface area contributed by atoms with Gasteiger partial charge in [0.25, 0.3) is 10.0 Å². The zero-order valence-corrected chi connectivity index (χ0v) is 20.7. The number of rotatable bonds is 10. The fourth-order valence-electron chi connectivity index (χ4n) is 3.46. The Morgan fingerprint density at radius 3 is 2.03 bits per heavy atom. The third kappa shape index (κ3) is 6.51. The first kappa shape index (κ1) is 25.1. The Bertz CT molecular complexity index is 1200. The molecule has 0 radical (unpaired) electrons. The summed E-state index contributed by atoms with van der Waals surface area (Å²) in [5.74, 6) is 0.948. The average molecular weight is 483 g/mol. The summed E-state index contributed by atoms with van der Waals surface area (Å²) in [6.45, 7) is 5.80. The lowest BCUT2D eigenvalue weighted by atomic mass is 10.1. The Hall–Kier alpha value is -3.52. The minimum Gasteiger partial charge on any atom is -0.497 e. The zero-order chi connectivity index (χ0) is 24.7. The first-order chi connectivity index (χ1) is 16.2. The largest absolute Gasteiger partial charge is 0.497 e. The Morgan fingerprint density at radius 1 is 0.853 bits per heavy atom. The van der Waals surface area contributed by atoms with E-state index in [9.17, 15) is 13.2 Å². The summed E-state index contributed by atoms with van der Waals surface area (Å²) < 4.78 is 38.8. The molecule has 0 saturated carbocycles. The molecule has 0 aliphatic rings. The summed E-state index contributed by atoms with van der Waals surface area (Å²) in [5.41, 5.74) is 3.22. The summed E-state index contributed by atoms with van der Waals surface area (Å²) in [7, 11) is -2.36. The summed E-state index contributed by atoms with van der Waals surface area (Å²) in [6.07, 6.45) is 0. The lowest BCUT2D eigenvalue weighted by Crippen LogP contribution is -2.42. The van der Waals surface area contributed by atoms with Gasteiger partial charge >= 0.3 is 0 Å². The molecule has 0 heterocycles. The molecule has 34 heavy (non-hydrogen) atoms. The summed E-state index contributed by atoms with van der Waals surface area (Å²) in [4.78, 5) is 12.9. The van der Waals surface area contributed by atoms with E-state index in [0.29, 0.717) is 11.4 Å². The lowest BCUT2D eigenvalue weighted by Gasteiger charge is -2.25. The van der Waals surface area contributed by atoms with Crippen LogP contribution in [-0.2, 0) is 14.8 Å². The van der Waals surface area contributed by atoms with E-state index in [4.69, 9.17) is 9.47 Å². The van der Waals surface area contributed by atoms with Crippen LogP contribution in [0.4, 0.5) is 5.69 Å². The van der Waals surface area contributed by atoms with Crippen LogP contribution in [0.25, 0.3) is 0 Å². The van der Waals surface area contributed by atoms with Crippen molar-refractivity contribution in [2.45, 2.75) is 25.7 Å². The quantitative estimate of drug-likeness (QED) is 0.442. The third-order valence-electron chi connectivity index (χ3n) is 5.14. The number of ether oxygens (including phenoxy) is 2. The SMILES string of the molecule is COc1ccc(OCCNC(=O)CN(c2cc(C)cc(C)c2)S(=O)(=O)c2ccc(C)cc2)cc1. The van der Waals surface area contributed by atoms with Gasteiger partial charge in [0.05, 0.1) is 24.2 Å². The van der Waals surface area contributed by atoms with Gasteiger partial charge in [0, 0.05) is 0 Å². The van der Waals surface area contributed by atoms with E-state index in [2.05, 4.69) is 5.32 Å². The molecular weight excluding hydrogens is 452 g/mol. The molecule has 8 heteroatoms. The molecule has 3 aromatic carbocycles. The number of aryl methyl sites for hydroxylation is 3. The van der Waals surface area contributed by atoms with Crippen LogP contribution in [0.2, 0.25) is 0 Å². The van der Waals surface area contributed by atoms with Crippen LogP contribution in [0.3, 0.4) is 0 Å². The number of amides is 1. The maximum atomic E-state index is 13.5. The second-order valence-corrected chi connectivity index (χ2v) is 9.91. The normalized spacial score (nSPS) is 11.1. The molecular formula is C26H30N2O5S. The molecule has 0 spiro atoms. The minimum absolute atomic E-state index is 0.132. The topological polar surface area (TPSA) is 84.9 Å². The van der Waals surface area contributed by atoms with Gasteiger partial charge in [0.15, 0.2) is 0 Å². The van der Waals surface area contributed by atoms with E-state index in [1.807, 2.05) is 26.8 Å². The van der Waals surface area contributed by atoms with Gasteiger partial charge in [-0.15, -0.1) is 0 Å². The number of benzene rings is 3. The van der Waals surface area contributed by atoms with Crippen molar-refractivity contribution < 1.29 is 22.7 Å². The second-order valence-electron chi connectivity index (χ2n) is 8.04. The van der Waals surface area contributed by atoms with Crippen LogP contribution in [-0.4, -0.2) is 41.1 Å². The molecule has 3 aromatic rings. The average Bonchev–Trinajstić information content (AvgIpc) is 2.80. The van der Waals surface area contributed by atoms with Crippen molar-refractivity contribution in [2.75, 3.05) is 31.1 Å². The first-order valence-corrected chi connectivity index (χ1v) is 12.3. The van der Waals surface area contributed by atoms with Crippen LogP contribution in [0.15, 0.2) is 71.6 Å². The number of carbonyl (C=O) groups is 1. The van der Waals surface area contributed by atoms with Crippen LogP contribution in [0.5, 0.6) is 11.5 Å². The van der Waals surface area contributed by atoms with Gasteiger partial charge in [-0.2, -0.15) is 0 Å². The first-order valence-electron chi connectivity index (χ1n) is 10.9. The van der Waals surface area contributed by atoms with Gasteiger partial charge < -0.3 is 14.8 Å². The molecule has 180 valence electrons. The highest BCUT2D eigenvalue weighted by molar-refractivity contribution is 7.92. The molecule has 7 nitrogen and oxygen atoms in total. The number of sulfonamides is 1. The number of nitrogens with one attached hydrogen (secondary N) is 1. The molecule has 1 N–H and O–H groups in total. The van der Waals surface area contributed by atoms with E-state index in [1.165, 1.54) is 0 Å². The van der Waals surface area contributed by atoms with Crippen LogP contribution < -0.4 is 19.1 Å². The highest BCUT2D eigenvalue weighted by atomic mass is 32.2. The Labute approximate surface area is 201 Å². The standard InChI is InChI=1S/C26H30N2O5S/c1-19-5-11-25(12-6-19)34(30,31)28(22-16-20(2)15-21(3)17-22)18-26(29)27-13-14-33-24-9-7-23(32-4)8-10-24/h5-12,15-17H,13-14,18H2,1-4H3,(H,27,29). The van der Waals surface area contributed by atoms with Gasteiger partial charge in [0.2, 0.25) is 5.91 Å². The summed E-state index contributed by atoms with van der Waals surface area (Å²) in [5, 5.41) is 2.74. The molecule has 0 bridgehead atoms. The van der Waals surface area contributed by atoms with E-state index in [1.54, 1.807) is 67.8 Å². The maximum Gasteiger partial charge on any atom is 0.264 e. The molecule has 3 rings (SSSR count). The van der Waals surface area contributed by atoms with Crippen molar-refractivity contribution >= 4 is 21.6 Å². The van der Waals surface area contributed by atoms with Gasteiger partial charge in [-0.25, -0.2) is 8.42 Å². The highest BCUT2D eigenvalue weighted by Gasteiger charge is 2.27. The van der Waals surface area contributed by atoms with Crippen LogP contribution in [0.1, 0.15) is 16.7 Å². The third-order valence-corrected chi connectivity index (χ3v) is 6.93. The second kappa shape index (κ2) is 11.1. The van der Waals surface area contributed by atoms with Gasteiger partial charge in [-0.1, -0.05) is 23.8 Å². The molecule has 0 aromatic heterocycles. The molecule has 0 atom stereocenters. The molecule has 0 unspecified atom stereocenters. The molecule has 0 aliphatic carbocycles. The smallest absolute Gasteiger partial charge is 0.264 e. The van der Waals surface area contributed by atoms with E-state index in [-0.39, 0.29) is 24.6 Å². The predicted octanol–water partition coefficient (Wildman–Crippen LogP) is 4.01. The Balaban J connectivity index is 1.71. The van der Waals surface area contributed by atoms with Gasteiger partial charge in [0.1, 0.15) is 24.7 Å². The highest BCUT2D eigenvalue weighted by Crippen LogP contribution is 2.26. The minimum atomic E-state index is -3.95. The van der Waals surface area contributed by atoms with E-state index >= 15 is 0 Å². The Kier molecular flexibility index (Phi) is 8.17. The van der Waals surface area contributed by atoms with Crippen molar-refractivity contribution in [1.82, 2.24) is 5.32 Å². The van der Waals surface area contributed by atoms with Crippen LogP contribution >= 0.6 is 0 Å². The van der Waals surface area contributed by atoms with Crippen molar-refractivity contribution in [3.8, 4) is 11.5 Å². The van der Waals surface area contributed by atoms with Crippen LogP contribution in [0, 0.1) is 20.8 Å². The van der Waals surface area contributed by atoms with E-state index < -0.39 is 15.9 Å². The van der Waals surface area contributed by atoms with Gasteiger partial charge in [-0.3, -0.25) is 9.10 Å². The summed E-state index contributed by atoms with van der Waals surface area (Å²) in [6, 6.07) is 19.2. The Morgan fingerprint density at radius 2 is 1.44 bits per heavy atom. The number of anilines is 1. The number of methoxy groups -OCH3 is 1. The number of carbonyl (C=O) groups excluding carboxylic acids is 1. The number of nitrogens with zero attached hydrogens (tertiary/aromatic N) is 1. The zero-order valence-electron chi connectivity index (χ0n) is 19.9. The molecule has 0 aliphatic heterocycles. The predicted molar refractivity (Wildman–Crippen MR) is 133 cm³/mol. The number of hydrogen-bond donors (Lipinski definition) is 1. The molecule has 1 amide bonds. The van der Waals surface area contributed by atoms with Crippen molar-refractivity contribution in [3.05, 3.63) is 83.4 Å². The molecule has 0 saturated heterocycles. The van der Waals surface area contributed by atoms with Crippen molar-refractivity contribution in [1.29, 1.82) is 0 Å². The van der Waals surface area contributed by atoms with Crippen molar-refractivity contribution in [3.63, 3.8) is 0 Å². The van der Waals surface area contributed by atoms with Gasteiger partial charge in [-0.05, 0) is 80.4 Å². The fourth-order valence-corrected chi connectivity index (χ4v) is 4.87. The fraction of sp³-hybridized carbons (Fsp3) is 0.269. The maximum absolute atomic E-state index is 13.5. The van der Waals surface area contributed by atoms with Crippen molar-refractivity contribution in [2.24, 2.45) is 0 Å². The molecule has 0 fully saturated rings. The summed E-state index contributed by atoms with van der Waals surface area (Å²) >= 11 is 0. The van der Waals surface area contributed by atoms with E-state index in [0.717, 1.165) is 26.7 Å². The number of hydrogen-bond acceptors (Lipinski definition) is 5. The monoisotopic (exact) mass is 482 g/mol.